The third-order valence-electron chi connectivity index (χ3n) is 2.60. The molecule has 0 aliphatic carbocycles. The summed E-state index contributed by atoms with van der Waals surface area (Å²) in [7, 11) is 0. The SMILES string of the molecule is O/N=C\c1cc2c(cn1)[nH]c1ccccc12. The number of nitrogens with zero attached hydrogens (tertiary/aromatic N) is 2. The molecule has 0 spiro atoms. The van der Waals surface area contributed by atoms with Gasteiger partial charge in [0.2, 0.25) is 0 Å². The molecule has 0 atom stereocenters. The smallest absolute Gasteiger partial charge is 0.0918 e. The molecule has 0 amide bonds. The summed E-state index contributed by atoms with van der Waals surface area (Å²) in [5.41, 5.74) is 2.70. The van der Waals surface area contributed by atoms with Gasteiger partial charge < -0.3 is 10.2 Å². The standard InChI is InChI=1S/C12H9N3O/c16-14-6-8-5-10-9-3-1-2-4-11(9)15-12(10)7-13-8/h1-7,15-16H/b14-6-. The summed E-state index contributed by atoms with van der Waals surface area (Å²) < 4.78 is 0. The highest BCUT2D eigenvalue weighted by Gasteiger charge is 2.04. The first kappa shape index (κ1) is 8.91. The van der Waals surface area contributed by atoms with Gasteiger partial charge in [-0.3, -0.25) is 4.98 Å². The maximum Gasteiger partial charge on any atom is 0.0918 e. The predicted octanol–water partition coefficient (Wildman–Crippen LogP) is 2.52. The van der Waals surface area contributed by atoms with Crippen LogP contribution in [0.2, 0.25) is 0 Å². The number of para-hydroxylation sites is 1. The van der Waals surface area contributed by atoms with Gasteiger partial charge >= 0.3 is 0 Å². The first-order valence-corrected chi connectivity index (χ1v) is 4.92. The van der Waals surface area contributed by atoms with Crippen LogP contribution in [-0.4, -0.2) is 21.4 Å². The Hall–Kier alpha value is -2.36. The van der Waals surface area contributed by atoms with Gasteiger partial charge in [0.1, 0.15) is 0 Å². The Bertz CT molecular complexity index is 685. The molecule has 3 rings (SSSR count). The average molecular weight is 211 g/mol. The topological polar surface area (TPSA) is 61.3 Å². The van der Waals surface area contributed by atoms with Crippen molar-refractivity contribution in [3.8, 4) is 0 Å². The van der Waals surface area contributed by atoms with Crippen molar-refractivity contribution in [3.63, 3.8) is 0 Å². The van der Waals surface area contributed by atoms with Crippen LogP contribution in [0.5, 0.6) is 0 Å². The summed E-state index contributed by atoms with van der Waals surface area (Å²) >= 11 is 0. The van der Waals surface area contributed by atoms with Crippen LogP contribution in [0.3, 0.4) is 0 Å². The average Bonchev–Trinajstić information content (AvgIpc) is 2.68. The normalized spacial score (nSPS) is 11.8. The van der Waals surface area contributed by atoms with Crippen molar-refractivity contribution in [1.29, 1.82) is 0 Å². The lowest BCUT2D eigenvalue weighted by atomic mass is 10.2. The summed E-state index contributed by atoms with van der Waals surface area (Å²) in [4.78, 5) is 7.43. The van der Waals surface area contributed by atoms with E-state index in [1.807, 2.05) is 30.3 Å². The summed E-state index contributed by atoms with van der Waals surface area (Å²) in [5, 5.41) is 13.7. The van der Waals surface area contributed by atoms with E-state index in [1.54, 1.807) is 6.20 Å². The quantitative estimate of drug-likeness (QED) is 0.369. The number of nitrogens with one attached hydrogen (secondary N) is 1. The fourth-order valence-corrected chi connectivity index (χ4v) is 1.90. The zero-order valence-corrected chi connectivity index (χ0v) is 8.38. The van der Waals surface area contributed by atoms with Gasteiger partial charge in [-0.2, -0.15) is 0 Å². The van der Waals surface area contributed by atoms with Gasteiger partial charge in [-0.15, -0.1) is 0 Å². The number of hydrogen-bond donors (Lipinski definition) is 2. The molecule has 4 heteroatoms. The van der Waals surface area contributed by atoms with Crippen LogP contribution in [0, 0.1) is 0 Å². The van der Waals surface area contributed by atoms with Crippen LogP contribution >= 0.6 is 0 Å². The molecule has 2 aromatic heterocycles. The van der Waals surface area contributed by atoms with E-state index in [2.05, 4.69) is 15.1 Å². The molecule has 2 N–H and O–H groups in total. The zero-order chi connectivity index (χ0) is 11.0. The highest BCUT2D eigenvalue weighted by Crippen LogP contribution is 2.24. The number of aromatic nitrogens is 2. The minimum atomic E-state index is 0.639. The fraction of sp³-hybridized carbons (Fsp3) is 0. The van der Waals surface area contributed by atoms with E-state index in [9.17, 15) is 0 Å². The largest absolute Gasteiger partial charge is 0.411 e. The lowest BCUT2D eigenvalue weighted by molar-refractivity contribution is 0.321. The molecule has 0 radical (unpaired) electrons. The number of pyridine rings is 1. The predicted molar refractivity (Wildman–Crippen MR) is 63.0 cm³/mol. The van der Waals surface area contributed by atoms with Crippen molar-refractivity contribution in [2.24, 2.45) is 5.16 Å². The van der Waals surface area contributed by atoms with Crippen molar-refractivity contribution in [3.05, 3.63) is 42.2 Å². The molecule has 0 saturated carbocycles. The number of aromatic amines is 1. The Morgan fingerprint density at radius 2 is 2.06 bits per heavy atom. The molecule has 0 aliphatic rings. The van der Waals surface area contributed by atoms with Crippen LogP contribution in [0.25, 0.3) is 21.8 Å². The van der Waals surface area contributed by atoms with Gasteiger partial charge in [0.05, 0.1) is 23.6 Å². The third-order valence-corrected chi connectivity index (χ3v) is 2.60. The van der Waals surface area contributed by atoms with E-state index in [0.29, 0.717) is 5.69 Å². The van der Waals surface area contributed by atoms with Crippen molar-refractivity contribution in [2.75, 3.05) is 0 Å². The minimum Gasteiger partial charge on any atom is -0.411 e. The monoisotopic (exact) mass is 211 g/mol. The second-order valence-electron chi connectivity index (χ2n) is 3.57. The summed E-state index contributed by atoms with van der Waals surface area (Å²) in [6, 6.07) is 9.95. The first-order valence-electron chi connectivity index (χ1n) is 4.92. The molecule has 16 heavy (non-hydrogen) atoms. The van der Waals surface area contributed by atoms with Gasteiger partial charge in [-0.05, 0) is 12.1 Å². The van der Waals surface area contributed by atoms with Crippen LogP contribution in [0.4, 0.5) is 0 Å². The van der Waals surface area contributed by atoms with E-state index in [0.717, 1.165) is 21.8 Å². The van der Waals surface area contributed by atoms with Crippen LogP contribution in [-0.2, 0) is 0 Å². The molecule has 0 fully saturated rings. The second kappa shape index (κ2) is 3.34. The van der Waals surface area contributed by atoms with Crippen molar-refractivity contribution < 1.29 is 5.21 Å². The molecule has 2 heterocycles. The van der Waals surface area contributed by atoms with Crippen LogP contribution in [0.1, 0.15) is 5.69 Å². The van der Waals surface area contributed by atoms with E-state index in [-0.39, 0.29) is 0 Å². The number of oxime groups is 1. The Balaban J connectivity index is 2.39. The molecule has 0 bridgehead atoms. The Labute approximate surface area is 91.2 Å². The Morgan fingerprint density at radius 1 is 1.19 bits per heavy atom. The van der Waals surface area contributed by atoms with Crippen LogP contribution in [0.15, 0.2) is 41.7 Å². The molecular formula is C12H9N3O. The lowest BCUT2D eigenvalue weighted by Crippen LogP contribution is -1.85. The lowest BCUT2D eigenvalue weighted by Gasteiger charge is -1.92. The number of benzene rings is 1. The summed E-state index contributed by atoms with van der Waals surface area (Å²) in [6.07, 6.45) is 3.06. The van der Waals surface area contributed by atoms with Gasteiger partial charge in [-0.25, -0.2) is 0 Å². The minimum absolute atomic E-state index is 0.639. The highest BCUT2D eigenvalue weighted by atomic mass is 16.4. The molecule has 0 saturated heterocycles. The summed E-state index contributed by atoms with van der Waals surface area (Å²) in [6.45, 7) is 0. The third kappa shape index (κ3) is 1.24. The molecule has 78 valence electrons. The molecule has 0 unspecified atom stereocenters. The van der Waals surface area contributed by atoms with E-state index < -0.39 is 0 Å². The fourth-order valence-electron chi connectivity index (χ4n) is 1.90. The molecule has 3 aromatic rings. The number of fused-ring (bicyclic) bond motifs is 3. The maximum atomic E-state index is 8.48. The summed E-state index contributed by atoms with van der Waals surface area (Å²) in [5.74, 6) is 0. The number of H-pyrrole nitrogens is 1. The van der Waals surface area contributed by atoms with Gasteiger partial charge in [0, 0.05) is 16.3 Å². The maximum absolute atomic E-state index is 8.48. The van der Waals surface area contributed by atoms with Gasteiger partial charge in [0.15, 0.2) is 0 Å². The molecule has 4 nitrogen and oxygen atoms in total. The van der Waals surface area contributed by atoms with Gasteiger partial charge in [-0.1, -0.05) is 23.4 Å². The van der Waals surface area contributed by atoms with Crippen molar-refractivity contribution >= 4 is 28.0 Å². The molecule has 1 aromatic carbocycles. The highest BCUT2D eigenvalue weighted by molar-refractivity contribution is 6.07. The van der Waals surface area contributed by atoms with Gasteiger partial charge in [0.25, 0.3) is 0 Å². The Kier molecular flexibility index (Phi) is 1.86. The van der Waals surface area contributed by atoms with E-state index in [1.165, 1.54) is 6.21 Å². The zero-order valence-electron chi connectivity index (χ0n) is 8.38. The van der Waals surface area contributed by atoms with Crippen LogP contribution < -0.4 is 0 Å². The van der Waals surface area contributed by atoms with E-state index >= 15 is 0 Å². The number of hydrogen-bond acceptors (Lipinski definition) is 3. The first-order chi connectivity index (χ1) is 7.88. The number of rotatable bonds is 1. The van der Waals surface area contributed by atoms with E-state index in [4.69, 9.17) is 5.21 Å². The van der Waals surface area contributed by atoms with Crippen molar-refractivity contribution in [2.45, 2.75) is 0 Å². The molecular weight excluding hydrogens is 202 g/mol. The van der Waals surface area contributed by atoms with Crippen molar-refractivity contribution in [1.82, 2.24) is 9.97 Å². The molecule has 0 aliphatic heterocycles. The second-order valence-corrected chi connectivity index (χ2v) is 3.57. The Morgan fingerprint density at radius 3 is 2.94 bits per heavy atom.